The van der Waals surface area contributed by atoms with Gasteiger partial charge in [-0.25, -0.2) is 0 Å². The Hall–Kier alpha value is -1.58. The molecule has 1 aromatic rings. The number of nitro benzene ring substituents is 1. The van der Waals surface area contributed by atoms with Crippen LogP contribution in [0.3, 0.4) is 0 Å². The lowest BCUT2D eigenvalue weighted by atomic mass is 10.1. The van der Waals surface area contributed by atoms with E-state index in [9.17, 15) is 10.1 Å². The summed E-state index contributed by atoms with van der Waals surface area (Å²) in [5, 5.41) is 14.2. The second-order valence-corrected chi connectivity index (χ2v) is 4.67. The average molecular weight is 250 g/mol. The number of nitrogens with zero attached hydrogens (tertiary/aromatic N) is 1. The van der Waals surface area contributed by atoms with Gasteiger partial charge in [0.05, 0.1) is 4.92 Å². The topological polar surface area (TPSA) is 55.2 Å². The Morgan fingerprint density at radius 1 is 1.28 bits per heavy atom. The Kier molecular flexibility index (Phi) is 5.62. The maximum absolute atomic E-state index is 10.8. The van der Waals surface area contributed by atoms with Crippen LogP contribution in [0.2, 0.25) is 0 Å². The lowest BCUT2D eigenvalue weighted by Crippen LogP contribution is -2.19. The van der Waals surface area contributed by atoms with Gasteiger partial charge in [-0.3, -0.25) is 10.1 Å². The molecular formula is C14H22N2O2. The van der Waals surface area contributed by atoms with Gasteiger partial charge in [0.15, 0.2) is 0 Å². The fourth-order valence-electron chi connectivity index (χ4n) is 2.08. The number of benzene rings is 1. The van der Waals surface area contributed by atoms with E-state index in [4.69, 9.17) is 0 Å². The van der Waals surface area contributed by atoms with Crippen LogP contribution in [0.25, 0.3) is 0 Å². The number of hydrogen-bond acceptors (Lipinski definition) is 3. The number of aryl methyl sites for hydroxylation is 1. The number of anilines is 1. The molecule has 4 heteroatoms. The first-order valence-electron chi connectivity index (χ1n) is 6.60. The van der Waals surface area contributed by atoms with Gasteiger partial charge in [0.2, 0.25) is 0 Å². The van der Waals surface area contributed by atoms with E-state index in [1.54, 1.807) is 18.2 Å². The molecule has 0 aliphatic rings. The average Bonchev–Trinajstić information content (AvgIpc) is 2.32. The Labute approximate surface area is 109 Å². The minimum absolute atomic E-state index is 0.148. The van der Waals surface area contributed by atoms with Crippen LogP contribution < -0.4 is 5.32 Å². The van der Waals surface area contributed by atoms with E-state index in [1.807, 2.05) is 6.92 Å². The Bertz CT molecular complexity index is 399. The Morgan fingerprint density at radius 3 is 2.39 bits per heavy atom. The highest BCUT2D eigenvalue weighted by atomic mass is 16.6. The standard InChI is InChI=1S/C14H22N2O2/c1-4-6-12(7-5-2)15-14-10-13(16(17)18)9-8-11(14)3/h8-10,12,15H,4-7H2,1-3H3. The minimum Gasteiger partial charge on any atom is -0.382 e. The Balaban J connectivity index is 2.86. The molecule has 0 unspecified atom stereocenters. The molecule has 1 aromatic carbocycles. The van der Waals surface area contributed by atoms with Crippen molar-refractivity contribution >= 4 is 11.4 Å². The van der Waals surface area contributed by atoms with Crippen molar-refractivity contribution in [2.24, 2.45) is 0 Å². The van der Waals surface area contributed by atoms with Crippen LogP contribution in [0.1, 0.15) is 45.1 Å². The summed E-state index contributed by atoms with van der Waals surface area (Å²) < 4.78 is 0. The zero-order chi connectivity index (χ0) is 13.5. The highest BCUT2D eigenvalue weighted by molar-refractivity contribution is 5.57. The molecule has 100 valence electrons. The quantitative estimate of drug-likeness (QED) is 0.580. The van der Waals surface area contributed by atoms with Crippen molar-refractivity contribution in [3.63, 3.8) is 0 Å². The summed E-state index contributed by atoms with van der Waals surface area (Å²) in [7, 11) is 0. The van der Waals surface area contributed by atoms with Gasteiger partial charge < -0.3 is 5.32 Å². The molecule has 0 amide bonds. The molecule has 0 aliphatic carbocycles. The summed E-state index contributed by atoms with van der Waals surface area (Å²) in [6.07, 6.45) is 4.42. The molecule has 0 atom stereocenters. The third kappa shape index (κ3) is 4.02. The zero-order valence-electron chi connectivity index (χ0n) is 11.4. The molecule has 0 saturated heterocycles. The molecule has 0 aliphatic heterocycles. The summed E-state index contributed by atoms with van der Waals surface area (Å²) >= 11 is 0. The first-order chi connectivity index (χ1) is 8.58. The first kappa shape index (κ1) is 14.5. The molecule has 0 radical (unpaired) electrons. The van der Waals surface area contributed by atoms with Crippen molar-refractivity contribution in [3.05, 3.63) is 33.9 Å². The highest BCUT2D eigenvalue weighted by Gasteiger charge is 2.12. The number of non-ortho nitro benzene ring substituents is 1. The molecule has 0 bridgehead atoms. The second-order valence-electron chi connectivity index (χ2n) is 4.67. The van der Waals surface area contributed by atoms with Crippen molar-refractivity contribution in [1.29, 1.82) is 0 Å². The van der Waals surface area contributed by atoms with Gasteiger partial charge in [-0.05, 0) is 25.3 Å². The number of rotatable bonds is 7. The summed E-state index contributed by atoms with van der Waals surface area (Å²) in [4.78, 5) is 10.4. The largest absolute Gasteiger partial charge is 0.382 e. The molecule has 1 N–H and O–H groups in total. The lowest BCUT2D eigenvalue weighted by Gasteiger charge is -2.20. The predicted octanol–water partition coefficient (Wildman–Crippen LogP) is 4.28. The molecule has 18 heavy (non-hydrogen) atoms. The molecule has 4 nitrogen and oxygen atoms in total. The van der Waals surface area contributed by atoms with E-state index >= 15 is 0 Å². The van der Waals surface area contributed by atoms with Crippen molar-refractivity contribution < 1.29 is 4.92 Å². The maximum Gasteiger partial charge on any atom is 0.271 e. The maximum atomic E-state index is 10.8. The van der Waals surface area contributed by atoms with Gasteiger partial charge in [0.1, 0.15) is 0 Å². The summed E-state index contributed by atoms with van der Waals surface area (Å²) in [5.74, 6) is 0. The van der Waals surface area contributed by atoms with E-state index in [1.165, 1.54) is 0 Å². The van der Waals surface area contributed by atoms with Crippen LogP contribution in [0, 0.1) is 17.0 Å². The van der Waals surface area contributed by atoms with Gasteiger partial charge >= 0.3 is 0 Å². The van der Waals surface area contributed by atoms with Crippen molar-refractivity contribution in [2.75, 3.05) is 5.32 Å². The monoisotopic (exact) mass is 250 g/mol. The van der Waals surface area contributed by atoms with Gasteiger partial charge in [-0.15, -0.1) is 0 Å². The molecule has 0 saturated carbocycles. The number of nitrogens with one attached hydrogen (secondary N) is 1. The van der Waals surface area contributed by atoms with Crippen molar-refractivity contribution in [1.82, 2.24) is 0 Å². The van der Waals surface area contributed by atoms with Crippen LogP contribution in [0.4, 0.5) is 11.4 Å². The SMILES string of the molecule is CCCC(CCC)Nc1cc([N+](=O)[O-])ccc1C. The molecule has 1 rings (SSSR count). The van der Waals surface area contributed by atoms with Gasteiger partial charge in [0.25, 0.3) is 5.69 Å². The summed E-state index contributed by atoms with van der Waals surface area (Å²) in [6, 6.07) is 5.39. The number of nitro groups is 1. The van der Waals surface area contributed by atoms with Crippen LogP contribution in [0.5, 0.6) is 0 Å². The normalized spacial score (nSPS) is 10.7. The molecule has 0 spiro atoms. The van der Waals surface area contributed by atoms with Crippen LogP contribution in [-0.4, -0.2) is 11.0 Å². The summed E-state index contributed by atoms with van der Waals surface area (Å²) in [6.45, 7) is 6.29. The highest BCUT2D eigenvalue weighted by Crippen LogP contribution is 2.24. The van der Waals surface area contributed by atoms with E-state index in [0.29, 0.717) is 6.04 Å². The van der Waals surface area contributed by atoms with Gasteiger partial charge in [-0.1, -0.05) is 32.8 Å². The van der Waals surface area contributed by atoms with Gasteiger partial charge in [0, 0.05) is 23.9 Å². The fourth-order valence-corrected chi connectivity index (χ4v) is 2.08. The third-order valence-corrected chi connectivity index (χ3v) is 3.07. The lowest BCUT2D eigenvalue weighted by molar-refractivity contribution is -0.384. The minimum atomic E-state index is -0.348. The molecule has 0 aromatic heterocycles. The molecular weight excluding hydrogens is 228 g/mol. The first-order valence-corrected chi connectivity index (χ1v) is 6.60. The third-order valence-electron chi connectivity index (χ3n) is 3.07. The van der Waals surface area contributed by atoms with E-state index < -0.39 is 0 Å². The second kappa shape index (κ2) is 6.99. The number of hydrogen-bond donors (Lipinski definition) is 1. The van der Waals surface area contributed by atoms with E-state index in [0.717, 1.165) is 36.9 Å². The van der Waals surface area contributed by atoms with Crippen molar-refractivity contribution in [2.45, 2.75) is 52.5 Å². The van der Waals surface area contributed by atoms with Crippen LogP contribution in [-0.2, 0) is 0 Å². The smallest absolute Gasteiger partial charge is 0.271 e. The van der Waals surface area contributed by atoms with E-state index in [2.05, 4.69) is 19.2 Å². The van der Waals surface area contributed by atoms with Crippen LogP contribution in [0.15, 0.2) is 18.2 Å². The summed E-state index contributed by atoms with van der Waals surface area (Å²) in [5.41, 5.74) is 2.09. The molecule has 0 fully saturated rings. The van der Waals surface area contributed by atoms with E-state index in [-0.39, 0.29) is 10.6 Å². The molecule has 0 heterocycles. The van der Waals surface area contributed by atoms with Crippen molar-refractivity contribution in [3.8, 4) is 0 Å². The Morgan fingerprint density at radius 2 is 1.89 bits per heavy atom. The fraction of sp³-hybridized carbons (Fsp3) is 0.571. The van der Waals surface area contributed by atoms with Gasteiger partial charge in [-0.2, -0.15) is 0 Å². The predicted molar refractivity (Wildman–Crippen MR) is 75.1 cm³/mol. The van der Waals surface area contributed by atoms with Crippen LogP contribution >= 0.6 is 0 Å². The zero-order valence-corrected chi connectivity index (χ0v) is 11.4.